The van der Waals surface area contributed by atoms with Crippen molar-refractivity contribution in [2.45, 2.75) is 43.5 Å². The van der Waals surface area contributed by atoms with Gasteiger partial charge in [0.05, 0.1) is 15.8 Å². The van der Waals surface area contributed by atoms with E-state index in [9.17, 15) is 17.1 Å². The molecule has 0 radical (unpaired) electrons. The van der Waals surface area contributed by atoms with E-state index in [-0.39, 0.29) is 22.3 Å². The number of H-pyrrole nitrogens is 1. The number of benzene rings is 3. The molecule has 6 rings (SSSR count). The Morgan fingerprint density at radius 3 is 2.53 bits per heavy atom. The lowest BCUT2D eigenvalue weighted by molar-refractivity contribution is 0.552. The molecular weight excluding hydrogens is 475 g/mol. The van der Waals surface area contributed by atoms with Gasteiger partial charge in [-0.05, 0) is 71.8 Å². The third-order valence-electron chi connectivity index (χ3n) is 7.05. The van der Waals surface area contributed by atoms with Crippen molar-refractivity contribution in [2.24, 2.45) is 0 Å². The Balaban J connectivity index is 1.75. The zero-order chi connectivity index (χ0) is 25.4. The maximum Gasteiger partial charge on any atom is 0.332 e. The number of hydrogen-bond acceptors (Lipinski definition) is 3. The molecule has 2 heterocycles. The van der Waals surface area contributed by atoms with Crippen LogP contribution >= 0.6 is 0 Å². The molecule has 7 heteroatoms. The summed E-state index contributed by atoms with van der Waals surface area (Å²) in [4.78, 5) is 17.0. The molecule has 0 bridgehead atoms. The van der Waals surface area contributed by atoms with Gasteiger partial charge < -0.3 is 9.55 Å². The monoisotopic (exact) mass is 498 g/mol. The van der Waals surface area contributed by atoms with Gasteiger partial charge in [0.15, 0.2) is 5.43 Å². The van der Waals surface area contributed by atoms with E-state index in [0.29, 0.717) is 16.3 Å². The summed E-state index contributed by atoms with van der Waals surface area (Å²) in [6, 6.07) is 15.6. The maximum absolute atomic E-state index is 13.9. The van der Waals surface area contributed by atoms with E-state index in [1.807, 2.05) is 44.2 Å². The van der Waals surface area contributed by atoms with E-state index >= 15 is 0 Å². The Morgan fingerprint density at radius 2 is 1.86 bits per heavy atom. The van der Waals surface area contributed by atoms with Gasteiger partial charge in [-0.1, -0.05) is 38.0 Å². The lowest BCUT2D eigenvalue weighted by atomic mass is 9.90. The number of nitrogens with one attached hydrogen (secondary N) is 1. The molecule has 180 valence electrons. The van der Waals surface area contributed by atoms with E-state index < -0.39 is 10.2 Å². The number of pyridine rings is 1. The molecule has 1 fully saturated rings. The molecule has 0 saturated heterocycles. The smallest absolute Gasteiger partial charge is 0.332 e. The second-order valence-corrected chi connectivity index (χ2v) is 11.1. The number of fused-ring (bicyclic) bond motifs is 4. The maximum atomic E-state index is 13.9. The number of hydrogen-bond donors (Lipinski definition) is 1. The van der Waals surface area contributed by atoms with Crippen molar-refractivity contribution in [3.63, 3.8) is 0 Å². The first-order valence-corrected chi connectivity index (χ1v) is 13.2. The average molecular weight is 499 g/mol. The zero-order valence-electron chi connectivity index (χ0n) is 19.8. The molecule has 36 heavy (non-hydrogen) atoms. The van der Waals surface area contributed by atoms with Crippen LogP contribution in [0.2, 0.25) is 0 Å². The van der Waals surface area contributed by atoms with E-state index in [1.54, 1.807) is 6.07 Å². The number of nitrogens with zero attached hydrogens (tertiary/aromatic N) is 1. The number of halogens is 1. The first-order valence-electron chi connectivity index (χ1n) is 11.9. The van der Waals surface area contributed by atoms with Crippen molar-refractivity contribution in [1.82, 2.24) is 9.55 Å². The van der Waals surface area contributed by atoms with Crippen LogP contribution in [0.3, 0.4) is 0 Å². The van der Waals surface area contributed by atoms with Crippen LogP contribution in [0.25, 0.3) is 44.0 Å². The van der Waals surface area contributed by atoms with Crippen LogP contribution in [0.1, 0.15) is 49.8 Å². The van der Waals surface area contributed by atoms with Gasteiger partial charge in [-0.15, -0.1) is 10.3 Å². The number of aromatic nitrogens is 2. The normalized spacial score (nSPS) is 14.2. The van der Waals surface area contributed by atoms with Crippen LogP contribution < -0.4 is 5.43 Å². The molecule has 0 aliphatic heterocycles. The molecule has 1 aliphatic carbocycles. The predicted octanol–water partition coefficient (Wildman–Crippen LogP) is 6.40. The molecular formula is C29H23FN2O3S. The summed E-state index contributed by atoms with van der Waals surface area (Å²) in [5, 5.41) is 2.08. The summed E-state index contributed by atoms with van der Waals surface area (Å²) in [5.74, 6) is 2.69. The topological polar surface area (TPSA) is 71.9 Å². The molecule has 1 N–H and O–H groups in total. The Morgan fingerprint density at radius 1 is 1.08 bits per heavy atom. The lowest BCUT2D eigenvalue weighted by Crippen LogP contribution is -2.11. The van der Waals surface area contributed by atoms with Crippen LogP contribution in [0.4, 0.5) is 3.89 Å². The standard InChI is InChI=1S/C29H23FN2O3S/c1-4-17-8-11-21-25(12-17)31-29-27(21)28(33)24-14-22(16(2)3)23(15-26(24)32(29)19-9-10-19)18-6-5-7-20(13-18)36(30,34)35/h1,5-8,11-16,19,31H,9-10H2,2-3H3. The second-order valence-electron chi connectivity index (χ2n) is 9.76. The predicted molar refractivity (Wildman–Crippen MR) is 142 cm³/mol. The summed E-state index contributed by atoms with van der Waals surface area (Å²) in [7, 11) is -4.85. The number of rotatable bonds is 4. The van der Waals surface area contributed by atoms with Gasteiger partial charge in [0.1, 0.15) is 5.65 Å². The van der Waals surface area contributed by atoms with Crippen molar-refractivity contribution < 1.29 is 12.3 Å². The fourth-order valence-corrected chi connectivity index (χ4v) is 5.69. The Hall–Kier alpha value is -3.89. The van der Waals surface area contributed by atoms with Crippen molar-refractivity contribution in [3.05, 3.63) is 75.9 Å². The Kier molecular flexibility index (Phi) is 4.89. The summed E-state index contributed by atoms with van der Waals surface area (Å²) in [5.41, 5.74) is 5.26. The Labute approximate surface area is 207 Å². The minimum atomic E-state index is -4.85. The van der Waals surface area contributed by atoms with E-state index in [4.69, 9.17) is 6.42 Å². The third kappa shape index (κ3) is 3.44. The highest BCUT2D eigenvalue weighted by atomic mass is 32.3. The molecule has 2 aromatic heterocycles. The molecule has 0 amide bonds. The number of terminal acetylenes is 1. The highest BCUT2D eigenvalue weighted by molar-refractivity contribution is 7.86. The quantitative estimate of drug-likeness (QED) is 0.230. The molecule has 5 aromatic rings. The second kappa shape index (κ2) is 7.81. The third-order valence-corrected chi connectivity index (χ3v) is 7.86. The molecule has 0 unspecified atom stereocenters. The lowest BCUT2D eigenvalue weighted by Gasteiger charge is -2.19. The largest absolute Gasteiger partial charge is 0.340 e. The van der Waals surface area contributed by atoms with Gasteiger partial charge in [0, 0.05) is 27.9 Å². The summed E-state index contributed by atoms with van der Waals surface area (Å²) in [6.07, 6.45) is 7.59. The van der Waals surface area contributed by atoms with Gasteiger partial charge in [-0.3, -0.25) is 4.79 Å². The molecule has 1 aliphatic rings. The van der Waals surface area contributed by atoms with Gasteiger partial charge >= 0.3 is 10.2 Å². The van der Waals surface area contributed by atoms with Crippen LogP contribution in [0.5, 0.6) is 0 Å². The average Bonchev–Trinajstić information content (AvgIpc) is 3.61. The minimum Gasteiger partial charge on any atom is -0.340 e. The summed E-state index contributed by atoms with van der Waals surface area (Å²) < 4.78 is 39.2. The summed E-state index contributed by atoms with van der Waals surface area (Å²) >= 11 is 0. The molecule has 3 aromatic carbocycles. The Bertz CT molecular complexity index is 1940. The van der Waals surface area contributed by atoms with Crippen molar-refractivity contribution >= 4 is 43.1 Å². The summed E-state index contributed by atoms with van der Waals surface area (Å²) in [6.45, 7) is 4.04. The van der Waals surface area contributed by atoms with Crippen molar-refractivity contribution in [3.8, 4) is 23.5 Å². The van der Waals surface area contributed by atoms with Crippen molar-refractivity contribution in [1.29, 1.82) is 0 Å². The molecule has 1 saturated carbocycles. The fraction of sp³-hybridized carbons (Fsp3) is 0.207. The van der Waals surface area contributed by atoms with E-state index in [2.05, 4.69) is 15.5 Å². The van der Waals surface area contributed by atoms with Crippen LogP contribution in [0, 0.1) is 12.3 Å². The van der Waals surface area contributed by atoms with Crippen LogP contribution in [-0.4, -0.2) is 18.0 Å². The SMILES string of the molecule is C#Cc1ccc2c(c1)[nH]c1c2c(=O)c2cc(C(C)C)c(-c3cccc(S(=O)(=O)F)c3)cc2n1C1CC1. The minimum absolute atomic E-state index is 0.0423. The van der Waals surface area contributed by atoms with Crippen molar-refractivity contribution in [2.75, 3.05) is 0 Å². The highest BCUT2D eigenvalue weighted by Crippen LogP contribution is 2.42. The highest BCUT2D eigenvalue weighted by Gasteiger charge is 2.29. The zero-order valence-corrected chi connectivity index (χ0v) is 20.6. The van der Waals surface area contributed by atoms with Gasteiger partial charge in [0.2, 0.25) is 0 Å². The number of aromatic amines is 1. The first kappa shape index (κ1) is 22.6. The van der Waals surface area contributed by atoms with Crippen LogP contribution in [0.15, 0.2) is 64.3 Å². The molecule has 0 spiro atoms. The molecule has 5 nitrogen and oxygen atoms in total. The molecule has 0 atom stereocenters. The fourth-order valence-electron chi connectivity index (χ4n) is 5.18. The van der Waals surface area contributed by atoms with Gasteiger partial charge in [0.25, 0.3) is 0 Å². The first-order chi connectivity index (χ1) is 17.2. The van der Waals surface area contributed by atoms with Crippen LogP contribution in [-0.2, 0) is 10.2 Å². The van der Waals surface area contributed by atoms with E-state index in [0.717, 1.165) is 51.6 Å². The van der Waals surface area contributed by atoms with Gasteiger partial charge in [-0.2, -0.15) is 8.42 Å². The van der Waals surface area contributed by atoms with E-state index in [1.165, 1.54) is 18.2 Å². The van der Waals surface area contributed by atoms with Gasteiger partial charge in [-0.25, -0.2) is 0 Å².